The number of aromatic amines is 1. The molecule has 6 rings (SSSR count). The van der Waals surface area contributed by atoms with Gasteiger partial charge in [0.15, 0.2) is 5.69 Å². The molecule has 1 aromatic carbocycles. The predicted octanol–water partition coefficient (Wildman–Crippen LogP) is -0.246. The number of nitrogens with zero attached hydrogens (tertiary/aromatic N) is 5. The van der Waals surface area contributed by atoms with Crippen LogP contribution in [0, 0.1) is 0 Å². The third-order valence-electron chi connectivity index (χ3n) is 6.70. The number of carbonyl (C=O) groups is 4. The molecule has 13 heteroatoms. The van der Waals surface area contributed by atoms with Gasteiger partial charge in [-0.15, -0.1) is 5.10 Å². The van der Waals surface area contributed by atoms with Crippen LogP contribution >= 0.6 is 0 Å². The van der Waals surface area contributed by atoms with Crippen molar-refractivity contribution in [1.29, 1.82) is 0 Å². The van der Waals surface area contributed by atoms with E-state index in [0.717, 1.165) is 28.9 Å². The summed E-state index contributed by atoms with van der Waals surface area (Å²) in [7, 11) is 0. The Labute approximate surface area is 204 Å². The maximum absolute atomic E-state index is 12.9. The molecule has 3 aliphatic heterocycles. The van der Waals surface area contributed by atoms with Crippen LogP contribution < -0.4 is 10.6 Å². The molecule has 5 heterocycles. The lowest BCUT2D eigenvalue weighted by atomic mass is 10.0. The number of rotatable bonds is 5. The summed E-state index contributed by atoms with van der Waals surface area (Å²) in [5.74, 6) is -1.43. The number of nitrogens with one attached hydrogen (secondary N) is 3. The van der Waals surface area contributed by atoms with Crippen molar-refractivity contribution in [1.82, 2.24) is 40.7 Å². The summed E-state index contributed by atoms with van der Waals surface area (Å²) in [4.78, 5) is 50.7. The van der Waals surface area contributed by atoms with Gasteiger partial charge in [0.25, 0.3) is 11.8 Å². The SMILES string of the molecule is O=C1CCC(N2Cc3cc(-n4cc(C(=O)NCc5n[nH]c6c5COCC6)nn4)ccc3C2=O)C(=O)N1. The summed E-state index contributed by atoms with van der Waals surface area (Å²) in [6, 6.07) is 4.48. The lowest BCUT2D eigenvalue weighted by Gasteiger charge is -2.29. The van der Waals surface area contributed by atoms with Crippen LogP contribution in [0.25, 0.3) is 5.69 Å². The number of fused-ring (bicyclic) bond motifs is 2. The molecule has 3 aromatic rings. The van der Waals surface area contributed by atoms with Gasteiger partial charge in [0.1, 0.15) is 6.04 Å². The van der Waals surface area contributed by atoms with Crippen LogP contribution in [0.15, 0.2) is 24.4 Å². The first-order valence-electron chi connectivity index (χ1n) is 11.6. The number of amides is 4. The van der Waals surface area contributed by atoms with Crippen molar-refractivity contribution in [3.8, 4) is 5.69 Å². The summed E-state index contributed by atoms with van der Waals surface area (Å²) >= 11 is 0. The normalized spacial score (nSPS) is 19.2. The maximum atomic E-state index is 12.9. The molecule has 0 bridgehead atoms. The monoisotopic (exact) mass is 490 g/mol. The number of imide groups is 1. The van der Waals surface area contributed by atoms with Crippen LogP contribution in [0.5, 0.6) is 0 Å². The topological polar surface area (TPSA) is 164 Å². The Balaban J connectivity index is 1.14. The van der Waals surface area contributed by atoms with Crippen molar-refractivity contribution in [2.45, 2.75) is 45.0 Å². The first kappa shape index (κ1) is 22.1. The first-order chi connectivity index (χ1) is 17.5. The number of ether oxygens (including phenoxy) is 1. The minimum Gasteiger partial charge on any atom is -0.376 e. The molecule has 3 aliphatic rings. The lowest BCUT2D eigenvalue weighted by Crippen LogP contribution is -2.52. The highest BCUT2D eigenvalue weighted by molar-refractivity contribution is 6.05. The first-order valence-corrected chi connectivity index (χ1v) is 11.6. The molecule has 13 nitrogen and oxygen atoms in total. The van der Waals surface area contributed by atoms with Crippen LogP contribution in [-0.4, -0.2) is 66.4 Å². The Morgan fingerprint density at radius 2 is 2.11 bits per heavy atom. The van der Waals surface area contributed by atoms with E-state index in [1.807, 2.05) is 0 Å². The van der Waals surface area contributed by atoms with Crippen LogP contribution in [0.2, 0.25) is 0 Å². The van der Waals surface area contributed by atoms with Crippen molar-refractivity contribution in [2.24, 2.45) is 0 Å². The standard InChI is InChI=1S/C23H22N8O5/c32-20-4-3-19(22(34)25-20)30-9-12-7-13(1-2-14(12)23(30)35)31-10-18(28-29-31)21(33)24-8-17-15-11-36-6-5-16(15)26-27-17/h1-2,7,10,19H,3-6,8-9,11H2,(H,24,33)(H,26,27)(H,25,32,34). The number of carbonyl (C=O) groups excluding carboxylic acids is 4. The Kier molecular flexibility index (Phi) is 5.33. The van der Waals surface area contributed by atoms with Gasteiger partial charge < -0.3 is 15.0 Å². The fourth-order valence-electron chi connectivity index (χ4n) is 4.77. The summed E-state index contributed by atoms with van der Waals surface area (Å²) in [5, 5.41) is 20.4. The Hall–Kier alpha value is -4.39. The molecule has 1 saturated heterocycles. The van der Waals surface area contributed by atoms with E-state index < -0.39 is 17.9 Å². The second-order valence-electron chi connectivity index (χ2n) is 8.90. The van der Waals surface area contributed by atoms with Crippen molar-refractivity contribution >= 4 is 23.6 Å². The largest absolute Gasteiger partial charge is 0.376 e. The van der Waals surface area contributed by atoms with Crippen LogP contribution in [0.3, 0.4) is 0 Å². The van der Waals surface area contributed by atoms with Gasteiger partial charge in [0, 0.05) is 36.2 Å². The van der Waals surface area contributed by atoms with E-state index in [1.54, 1.807) is 18.2 Å². The van der Waals surface area contributed by atoms with Gasteiger partial charge in [-0.05, 0) is 30.2 Å². The van der Waals surface area contributed by atoms with Gasteiger partial charge in [-0.25, -0.2) is 4.68 Å². The molecular formula is C23H22N8O5. The molecule has 4 amide bonds. The molecule has 2 aromatic heterocycles. The zero-order chi connectivity index (χ0) is 24.8. The number of H-pyrrole nitrogens is 1. The number of hydrogen-bond donors (Lipinski definition) is 3. The third-order valence-corrected chi connectivity index (χ3v) is 6.70. The van der Waals surface area contributed by atoms with Gasteiger partial charge in [0.05, 0.1) is 37.3 Å². The average molecular weight is 490 g/mol. The molecule has 0 saturated carbocycles. The molecule has 184 valence electrons. The summed E-state index contributed by atoms with van der Waals surface area (Å²) in [5.41, 5.74) is 4.72. The fraction of sp³-hybridized carbons (Fsp3) is 0.348. The maximum Gasteiger partial charge on any atom is 0.273 e. The van der Waals surface area contributed by atoms with Gasteiger partial charge in [-0.3, -0.25) is 29.6 Å². The zero-order valence-corrected chi connectivity index (χ0v) is 19.1. The Bertz CT molecular complexity index is 1410. The quantitative estimate of drug-likeness (QED) is 0.412. The highest BCUT2D eigenvalue weighted by atomic mass is 16.5. The van der Waals surface area contributed by atoms with E-state index in [2.05, 4.69) is 31.1 Å². The number of aromatic nitrogens is 5. The zero-order valence-electron chi connectivity index (χ0n) is 19.1. The summed E-state index contributed by atoms with van der Waals surface area (Å²) < 4.78 is 6.93. The molecule has 0 aliphatic carbocycles. The van der Waals surface area contributed by atoms with Gasteiger partial charge in [-0.1, -0.05) is 5.21 Å². The number of piperidine rings is 1. The Morgan fingerprint density at radius 3 is 2.97 bits per heavy atom. The number of hydrogen-bond acceptors (Lipinski definition) is 8. The van der Waals surface area contributed by atoms with E-state index in [4.69, 9.17) is 4.74 Å². The minimum absolute atomic E-state index is 0.136. The highest BCUT2D eigenvalue weighted by Crippen LogP contribution is 2.29. The molecule has 1 fully saturated rings. The Morgan fingerprint density at radius 1 is 1.22 bits per heavy atom. The molecule has 36 heavy (non-hydrogen) atoms. The molecule has 0 radical (unpaired) electrons. The van der Waals surface area contributed by atoms with E-state index >= 15 is 0 Å². The van der Waals surface area contributed by atoms with Gasteiger partial charge in [0.2, 0.25) is 11.8 Å². The van der Waals surface area contributed by atoms with E-state index in [-0.39, 0.29) is 37.0 Å². The molecule has 0 spiro atoms. The minimum atomic E-state index is -0.681. The predicted molar refractivity (Wildman–Crippen MR) is 121 cm³/mol. The third kappa shape index (κ3) is 3.82. The number of benzene rings is 1. The lowest BCUT2D eigenvalue weighted by molar-refractivity contribution is -0.136. The van der Waals surface area contributed by atoms with Gasteiger partial charge >= 0.3 is 0 Å². The highest BCUT2D eigenvalue weighted by Gasteiger charge is 2.39. The van der Waals surface area contributed by atoms with E-state index in [0.29, 0.717) is 30.9 Å². The van der Waals surface area contributed by atoms with Crippen molar-refractivity contribution < 1.29 is 23.9 Å². The van der Waals surface area contributed by atoms with Crippen LogP contribution in [-0.2, 0) is 40.4 Å². The second-order valence-corrected chi connectivity index (χ2v) is 8.90. The van der Waals surface area contributed by atoms with Crippen molar-refractivity contribution in [3.63, 3.8) is 0 Å². The molecule has 1 atom stereocenters. The van der Waals surface area contributed by atoms with Crippen molar-refractivity contribution in [2.75, 3.05) is 6.61 Å². The van der Waals surface area contributed by atoms with E-state index in [1.165, 1.54) is 15.8 Å². The second kappa shape index (κ2) is 8.68. The molecule has 3 N–H and O–H groups in total. The van der Waals surface area contributed by atoms with Gasteiger partial charge in [-0.2, -0.15) is 5.10 Å². The average Bonchev–Trinajstić information content (AvgIpc) is 3.60. The van der Waals surface area contributed by atoms with Crippen LogP contribution in [0.1, 0.15) is 56.2 Å². The molecular weight excluding hydrogens is 468 g/mol. The summed E-state index contributed by atoms with van der Waals surface area (Å²) in [6.45, 7) is 1.59. The van der Waals surface area contributed by atoms with Crippen molar-refractivity contribution in [3.05, 3.63) is 58.2 Å². The fourth-order valence-corrected chi connectivity index (χ4v) is 4.77. The molecule has 1 unspecified atom stereocenters. The smallest absolute Gasteiger partial charge is 0.273 e. The summed E-state index contributed by atoms with van der Waals surface area (Å²) in [6.07, 6.45) is 2.77. The van der Waals surface area contributed by atoms with Crippen LogP contribution in [0.4, 0.5) is 0 Å². The van der Waals surface area contributed by atoms with E-state index in [9.17, 15) is 19.2 Å².